The molecule has 5 rings (SSSR count). The number of nitrogens with zero attached hydrogens (tertiary/aromatic N) is 2. The van der Waals surface area contributed by atoms with E-state index in [1.54, 1.807) is 0 Å². The van der Waals surface area contributed by atoms with E-state index < -0.39 is 0 Å². The van der Waals surface area contributed by atoms with E-state index in [1.165, 1.54) is 0 Å². The van der Waals surface area contributed by atoms with E-state index in [1.807, 2.05) is 42.5 Å². The van der Waals surface area contributed by atoms with Crippen LogP contribution in [0.2, 0.25) is 0 Å². The maximum atomic E-state index is 4.62. The smallest absolute Gasteiger partial charge is 0.0659 e. The predicted octanol–water partition coefficient (Wildman–Crippen LogP) is 4.27. The molecule has 2 aliphatic rings. The monoisotopic (exact) mass is 438 g/mol. The van der Waals surface area contributed by atoms with Gasteiger partial charge in [-0.3, -0.25) is 0 Å². The Morgan fingerprint density at radius 1 is 0.500 bits per heavy atom. The molecule has 4 nitrogen and oxygen atoms in total. The molecule has 8 bridgehead atoms. The molecule has 0 saturated carbocycles. The number of aromatic nitrogens is 4. The van der Waals surface area contributed by atoms with Crippen LogP contribution >= 0.6 is 0 Å². The van der Waals surface area contributed by atoms with Crippen molar-refractivity contribution in [2.45, 2.75) is 0 Å². The Kier molecular flexibility index (Phi) is 5.38. The van der Waals surface area contributed by atoms with Gasteiger partial charge in [0.25, 0.3) is 0 Å². The van der Waals surface area contributed by atoms with Crippen LogP contribution in [0.3, 0.4) is 0 Å². The molecule has 26 heavy (non-hydrogen) atoms. The Morgan fingerprint density at radius 3 is 1.27 bits per heavy atom. The van der Waals surface area contributed by atoms with Crippen LogP contribution in [-0.2, 0) is 16.8 Å². The van der Waals surface area contributed by atoms with E-state index in [0.29, 0.717) is 0 Å². The van der Waals surface area contributed by atoms with Gasteiger partial charge in [0.15, 0.2) is 0 Å². The molecule has 126 valence electrons. The average molecular weight is 439 g/mol. The molecule has 0 aliphatic carbocycles. The second-order valence-electron chi connectivity index (χ2n) is 5.91. The first kappa shape index (κ1) is 18.5. The molecule has 5 heterocycles. The van der Waals surface area contributed by atoms with Gasteiger partial charge in [-0.15, -0.1) is 0 Å². The second kappa shape index (κ2) is 7.55. The van der Waals surface area contributed by atoms with Crippen molar-refractivity contribution in [2.75, 3.05) is 0 Å². The van der Waals surface area contributed by atoms with Gasteiger partial charge in [0.1, 0.15) is 0 Å². The van der Waals surface area contributed by atoms with Crippen LogP contribution < -0.4 is 0 Å². The van der Waals surface area contributed by atoms with Crippen molar-refractivity contribution < 1.29 is 16.8 Å². The van der Waals surface area contributed by atoms with Crippen molar-refractivity contribution in [3.05, 3.63) is 71.3 Å². The van der Waals surface area contributed by atoms with Crippen LogP contribution in [0.5, 0.6) is 0 Å². The van der Waals surface area contributed by atoms with Gasteiger partial charge >= 0.3 is 0 Å². The molecule has 2 aliphatic heterocycles. The minimum absolute atomic E-state index is 0. The first-order valence-electron chi connectivity index (χ1n) is 7.85. The Labute approximate surface area is 173 Å². The molecule has 4 radical (unpaired) electrons. The first-order valence-corrected chi connectivity index (χ1v) is 7.85. The number of fused-ring (bicyclic) bond motifs is 8. The molecule has 0 atom stereocenters. The summed E-state index contributed by atoms with van der Waals surface area (Å²) in [6, 6.07) is 16.4. The molecule has 0 aromatic carbocycles. The largest absolute Gasteiger partial charge is 0.355 e. The summed E-state index contributed by atoms with van der Waals surface area (Å²) >= 11 is 0. The molecule has 3 aromatic heterocycles. The molecule has 2 N–H and O–H groups in total. The summed E-state index contributed by atoms with van der Waals surface area (Å²) in [5, 5.41) is 0. The molecular formula is C20H14CoGaN4. The summed E-state index contributed by atoms with van der Waals surface area (Å²) < 4.78 is 0. The minimum Gasteiger partial charge on any atom is -0.355 e. The van der Waals surface area contributed by atoms with Crippen molar-refractivity contribution in [3.63, 3.8) is 0 Å². The zero-order valence-electron chi connectivity index (χ0n) is 13.7. The van der Waals surface area contributed by atoms with Crippen LogP contribution in [0, 0.1) is 0 Å². The van der Waals surface area contributed by atoms with Gasteiger partial charge < -0.3 is 9.97 Å². The molecule has 0 saturated heterocycles. The Morgan fingerprint density at radius 2 is 0.846 bits per heavy atom. The van der Waals surface area contributed by atoms with Crippen molar-refractivity contribution in [3.8, 4) is 0 Å². The number of hydrogen-bond acceptors (Lipinski definition) is 2. The van der Waals surface area contributed by atoms with Crippen LogP contribution in [0.1, 0.15) is 22.8 Å². The van der Waals surface area contributed by atoms with Crippen LogP contribution in [-0.4, -0.2) is 39.7 Å². The molecule has 0 spiro atoms. The maximum Gasteiger partial charge on any atom is 0.0659 e. The van der Waals surface area contributed by atoms with Gasteiger partial charge in [-0.1, -0.05) is 0 Å². The predicted molar refractivity (Wildman–Crippen MR) is 105 cm³/mol. The fraction of sp³-hybridized carbons (Fsp3) is 0. The van der Waals surface area contributed by atoms with Gasteiger partial charge in [0, 0.05) is 58.6 Å². The summed E-state index contributed by atoms with van der Waals surface area (Å²) in [5.74, 6) is 0. The van der Waals surface area contributed by atoms with E-state index in [9.17, 15) is 0 Å². The van der Waals surface area contributed by atoms with Crippen molar-refractivity contribution >= 4 is 66.2 Å². The van der Waals surface area contributed by atoms with E-state index in [-0.39, 0.29) is 36.6 Å². The Hall–Kier alpha value is -2.26. The maximum absolute atomic E-state index is 4.62. The normalized spacial score (nSPS) is 11.7. The van der Waals surface area contributed by atoms with Gasteiger partial charge in [-0.05, 0) is 72.8 Å². The Bertz CT molecular complexity index is 1080. The number of aromatic amines is 2. The Balaban J connectivity index is 0.000000980. The van der Waals surface area contributed by atoms with Gasteiger partial charge in [-0.2, -0.15) is 0 Å². The van der Waals surface area contributed by atoms with E-state index in [4.69, 9.17) is 0 Å². The van der Waals surface area contributed by atoms with Gasteiger partial charge in [0.05, 0.1) is 22.8 Å². The fourth-order valence-electron chi connectivity index (χ4n) is 2.94. The summed E-state index contributed by atoms with van der Waals surface area (Å²) in [7, 11) is 0. The van der Waals surface area contributed by atoms with Gasteiger partial charge in [-0.25, -0.2) is 9.97 Å². The summed E-state index contributed by atoms with van der Waals surface area (Å²) in [6.45, 7) is 0. The van der Waals surface area contributed by atoms with Crippen molar-refractivity contribution in [1.29, 1.82) is 0 Å². The third-order valence-corrected chi connectivity index (χ3v) is 4.04. The topological polar surface area (TPSA) is 57.4 Å². The van der Waals surface area contributed by atoms with E-state index >= 15 is 0 Å². The van der Waals surface area contributed by atoms with Crippen molar-refractivity contribution in [2.24, 2.45) is 0 Å². The zero-order valence-corrected chi connectivity index (χ0v) is 17.2. The molecule has 0 fully saturated rings. The molecule has 0 unspecified atom stereocenters. The second-order valence-corrected chi connectivity index (χ2v) is 5.91. The first-order chi connectivity index (χ1) is 11.8. The minimum atomic E-state index is 0. The molecule has 0 amide bonds. The quantitative estimate of drug-likeness (QED) is 0.355. The fourth-order valence-corrected chi connectivity index (χ4v) is 2.94. The van der Waals surface area contributed by atoms with E-state index in [2.05, 4.69) is 50.3 Å². The standard InChI is InChI=1S/C20H14N4.Co.Ga/c1-2-14-10-16-5-6-18(23-16)12-20-8-7-19(24-20)11-17-4-3-15(22-17)9-13(1)21-14;;/h1-12,21-22H;;. The summed E-state index contributed by atoms with van der Waals surface area (Å²) in [4.78, 5) is 16.0. The third kappa shape index (κ3) is 3.78. The van der Waals surface area contributed by atoms with E-state index in [0.717, 1.165) is 44.8 Å². The molecule has 6 heteroatoms. The molecular weight excluding hydrogens is 425 g/mol. The van der Waals surface area contributed by atoms with Crippen molar-refractivity contribution in [1.82, 2.24) is 19.9 Å². The SMILES string of the molecule is C1=Cc2cc3ccc(cc4ccc(cc5nc(cc1n2)C=C5)[nH]4)[nH]3.[Co].[Ga]. The summed E-state index contributed by atoms with van der Waals surface area (Å²) in [5.41, 5.74) is 7.86. The van der Waals surface area contributed by atoms with Crippen LogP contribution in [0.25, 0.3) is 46.4 Å². The van der Waals surface area contributed by atoms with Crippen LogP contribution in [0.15, 0.2) is 48.5 Å². The van der Waals surface area contributed by atoms with Crippen LogP contribution in [0.4, 0.5) is 0 Å². The van der Waals surface area contributed by atoms with Gasteiger partial charge in [0.2, 0.25) is 0 Å². The summed E-state index contributed by atoms with van der Waals surface area (Å²) in [6.07, 6.45) is 8.05. The number of hydrogen-bond donors (Lipinski definition) is 2. The third-order valence-electron chi connectivity index (χ3n) is 4.04. The molecule has 3 aromatic rings. The number of rotatable bonds is 0. The number of H-pyrrole nitrogens is 2. The number of nitrogens with one attached hydrogen (secondary N) is 2. The zero-order chi connectivity index (χ0) is 15.9. The average Bonchev–Trinajstić information content (AvgIpc) is 3.32.